The quantitative estimate of drug-likeness (QED) is 0.680. The summed E-state index contributed by atoms with van der Waals surface area (Å²) in [6, 6.07) is 11.4. The van der Waals surface area contributed by atoms with Crippen molar-refractivity contribution in [3.05, 3.63) is 64.4 Å². The van der Waals surface area contributed by atoms with E-state index in [0.717, 1.165) is 4.68 Å². The summed E-state index contributed by atoms with van der Waals surface area (Å²) in [5, 5.41) is 10.8. The Kier molecular flexibility index (Phi) is 5.81. The summed E-state index contributed by atoms with van der Waals surface area (Å²) in [5.74, 6) is -0.820. The summed E-state index contributed by atoms with van der Waals surface area (Å²) in [6.45, 7) is 1.48. The number of fused-ring (bicyclic) bond motifs is 1. The third-order valence-electron chi connectivity index (χ3n) is 4.18. The summed E-state index contributed by atoms with van der Waals surface area (Å²) >= 11 is 0. The molecule has 2 aromatic carbocycles. The Bertz CT molecular complexity index is 1060. The molecule has 0 unspecified atom stereocenters. The summed E-state index contributed by atoms with van der Waals surface area (Å²) < 4.78 is 41.6. The number of alkyl halides is 3. The minimum absolute atomic E-state index is 0.331. The maximum absolute atomic E-state index is 12.4. The molecule has 10 heteroatoms. The first kappa shape index (κ1) is 20.3. The maximum Gasteiger partial charge on any atom is 0.573 e. The van der Waals surface area contributed by atoms with E-state index >= 15 is 0 Å². The molecular weight excluding hydrogens is 389 g/mol. The van der Waals surface area contributed by atoms with Crippen LogP contribution >= 0.6 is 0 Å². The van der Waals surface area contributed by atoms with E-state index in [1.54, 1.807) is 24.3 Å². The van der Waals surface area contributed by atoms with Crippen molar-refractivity contribution in [3.63, 3.8) is 0 Å². The fraction of sp³-hybridized carbons (Fsp3) is 0.263. The molecule has 0 spiro atoms. The van der Waals surface area contributed by atoms with E-state index in [2.05, 4.69) is 20.4 Å². The molecule has 0 aliphatic heterocycles. The molecule has 1 heterocycles. The molecule has 3 rings (SSSR count). The Hall–Kier alpha value is -3.43. The number of rotatable bonds is 6. The first-order valence-corrected chi connectivity index (χ1v) is 8.74. The molecule has 152 valence electrons. The maximum atomic E-state index is 12.4. The van der Waals surface area contributed by atoms with Crippen LogP contribution in [0, 0.1) is 0 Å². The smallest absolute Gasteiger partial charge is 0.406 e. The molecule has 1 atom stereocenters. The number of halogens is 3. The SMILES string of the molecule is CC[C@H](NC(=O)Cn1nnc2ccccc2c1=O)c1ccc(OC(F)(F)F)cc1. The van der Waals surface area contributed by atoms with E-state index in [0.29, 0.717) is 22.9 Å². The van der Waals surface area contributed by atoms with Gasteiger partial charge in [-0.05, 0) is 36.2 Å². The normalized spacial score (nSPS) is 12.6. The van der Waals surface area contributed by atoms with Crippen LogP contribution in [0.25, 0.3) is 10.9 Å². The van der Waals surface area contributed by atoms with Crippen molar-refractivity contribution in [2.45, 2.75) is 32.3 Å². The van der Waals surface area contributed by atoms with Crippen LogP contribution in [0.15, 0.2) is 53.3 Å². The van der Waals surface area contributed by atoms with E-state index in [1.807, 2.05) is 6.92 Å². The fourth-order valence-electron chi connectivity index (χ4n) is 2.83. The number of hydrogen-bond donors (Lipinski definition) is 1. The van der Waals surface area contributed by atoms with Crippen LogP contribution in [-0.4, -0.2) is 27.3 Å². The van der Waals surface area contributed by atoms with Crippen molar-refractivity contribution in [3.8, 4) is 5.75 Å². The molecule has 1 N–H and O–H groups in total. The highest BCUT2D eigenvalue weighted by Crippen LogP contribution is 2.25. The molecule has 0 saturated carbocycles. The van der Waals surface area contributed by atoms with Gasteiger partial charge in [0.2, 0.25) is 5.91 Å². The van der Waals surface area contributed by atoms with Crippen LogP contribution in [-0.2, 0) is 11.3 Å². The van der Waals surface area contributed by atoms with Gasteiger partial charge in [-0.15, -0.1) is 18.3 Å². The van der Waals surface area contributed by atoms with Crippen LogP contribution in [0.3, 0.4) is 0 Å². The Balaban J connectivity index is 1.70. The van der Waals surface area contributed by atoms with Gasteiger partial charge in [0.1, 0.15) is 17.8 Å². The number of nitrogens with one attached hydrogen (secondary N) is 1. The first-order chi connectivity index (χ1) is 13.8. The average molecular weight is 406 g/mol. The summed E-state index contributed by atoms with van der Waals surface area (Å²) in [4.78, 5) is 24.8. The van der Waals surface area contributed by atoms with Gasteiger partial charge < -0.3 is 10.1 Å². The molecule has 1 amide bonds. The van der Waals surface area contributed by atoms with Crippen LogP contribution in [0.4, 0.5) is 13.2 Å². The number of carbonyl (C=O) groups is 1. The second kappa shape index (κ2) is 8.29. The molecule has 0 bridgehead atoms. The minimum Gasteiger partial charge on any atom is -0.406 e. The highest BCUT2D eigenvalue weighted by molar-refractivity contribution is 5.78. The Morgan fingerprint density at radius 3 is 2.52 bits per heavy atom. The van der Waals surface area contributed by atoms with E-state index < -0.39 is 23.9 Å². The van der Waals surface area contributed by atoms with Crippen LogP contribution in [0.1, 0.15) is 24.9 Å². The predicted octanol–water partition coefficient (Wildman–Crippen LogP) is 2.96. The van der Waals surface area contributed by atoms with Gasteiger partial charge in [-0.3, -0.25) is 9.59 Å². The highest BCUT2D eigenvalue weighted by atomic mass is 19.4. The van der Waals surface area contributed by atoms with Gasteiger partial charge in [0.15, 0.2) is 0 Å². The highest BCUT2D eigenvalue weighted by Gasteiger charge is 2.31. The zero-order chi connectivity index (χ0) is 21.0. The van der Waals surface area contributed by atoms with Crippen LogP contribution in [0.5, 0.6) is 5.75 Å². The Labute approximate surface area is 163 Å². The standard InChI is InChI=1S/C19H17F3N4O3/c1-2-15(12-7-9-13(10-8-12)29-19(20,21)22)23-17(27)11-26-18(28)14-5-3-4-6-16(14)24-25-26/h3-10,15H,2,11H2,1H3,(H,23,27)/t15-/m0/s1. The lowest BCUT2D eigenvalue weighted by Gasteiger charge is -2.18. The van der Waals surface area contributed by atoms with Crippen molar-refractivity contribution in [1.82, 2.24) is 20.3 Å². The van der Waals surface area contributed by atoms with E-state index in [-0.39, 0.29) is 12.3 Å². The van der Waals surface area contributed by atoms with Gasteiger partial charge in [-0.25, -0.2) is 4.68 Å². The fourth-order valence-corrected chi connectivity index (χ4v) is 2.83. The lowest BCUT2D eigenvalue weighted by molar-refractivity contribution is -0.274. The summed E-state index contributed by atoms with van der Waals surface area (Å²) in [5.41, 5.74) is 0.599. The molecular formula is C19H17F3N4O3. The van der Waals surface area contributed by atoms with Gasteiger partial charge >= 0.3 is 6.36 Å². The molecule has 0 radical (unpaired) electrons. The third-order valence-corrected chi connectivity index (χ3v) is 4.18. The average Bonchev–Trinajstić information content (AvgIpc) is 2.68. The Morgan fingerprint density at radius 1 is 1.17 bits per heavy atom. The number of aromatic nitrogens is 3. The largest absolute Gasteiger partial charge is 0.573 e. The zero-order valence-corrected chi connectivity index (χ0v) is 15.3. The molecule has 0 saturated heterocycles. The second-order valence-electron chi connectivity index (χ2n) is 6.21. The summed E-state index contributed by atoms with van der Waals surface area (Å²) in [7, 11) is 0. The molecule has 0 fully saturated rings. The van der Waals surface area contributed by atoms with Crippen LogP contribution < -0.4 is 15.6 Å². The monoisotopic (exact) mass is 406 g/mol. The number of carbonyl (C=O) groups excluding carboxylic acids is 1. The zero-order valence-electron chi connectivity index (χ0n) is 15.3. The van der Waals surface area contributed by atoms with E-state index in [1.165, 1.54) is 24.3 Å². The van der Waals surface area contributed by atoms with Crippen molar-refractivity contribution < 1.29 is 22.7 Å². The van der Waals surface area contributed by atoms with Gasteiger partial charge in [-0.2, -0.15) is 0 Å². The molecule has 7 nitrogen and oxygen atoms in total. The van der Waals surface area contributed by atoms with Gasteiger partial charge in [0.05, 0.1) is 11.4 Å². The van der Waals surface area contributed by atoms with Crippen molar-refractivity contribution >= 4 is 16.8 Å². The van der Waals surface area contributed by atoms with Crippen molar-refractivity contribution in [2.75, 3.05) is 0 Å². The van der Waals surface area contributed by atoms with Crippen molar-refractivity contribution in [1.29, 1.82) is 0 Å². The molecule has 3 aromatic rings. The Morgan fingerprint density at radius 2 is 1.86 bits per heavy atom. The van der Waals surface area contributed by atoms with Gasteiger partial charge in [0.25, 0.3) is 5.56 Å². The van der Waals surface area contributed by atoms with Gasteiger partial charge in [0, 0.05) is 0 Å². The molecule has 0 aliphatic rings. The predicted molar refractivity (Wildman–Crippen MR) is 98.1 cm³/mol. The summed E-state index contributed by atoms with van der Waals surface area (Å²) in [6.07, 6.45) is -4.28. The molecule has 1 aromatic heterocycles. The molecule has 0 aliphatic carbocycles. The van der Waals surface area contributed by atoms with Gasteiger partial charge in [-0.1, -0.05) is 36.4 Å². The number of ether oxygens (including phenoxy) is 1. The van der Waals surface area contributed by atoms with Crippen LogP contribution in [0.2, 0.25) is 0 Å². The van der Waals surface area contributed by atoms with Crippen molar-refractivity contribution in [2.24, 2.45) is 0 Å². The number of amides is 1. The topological polar surface area (TPSA) is 86.1 Å². The first-order valence-electron chi connectivity index (χ1n) is 8.74. The van der Waals surface area contributed by atoms with E-state index in [4.69, 9.17) is 0 Å². The third kappa shape index (κ3) is 5.09. The van der Waals surface area contributed by atoms with E-state index in [9.17, 15) is 22.8 Å². The lowest BCUT2D eigenvalue weighted by Crippen LogP contribution is -2.36. The lowest BCUT2D eigenvalue weighted by atomic mass is 10.0. The second-order valence-corrected chi connectivity index (χ2v) is 6.21. The number of benzene rings is 2. The number of hydrogen-bond acceptors (Lipinski definition) is 5. The molecule has 29 heavy (non-hydrogen) atoms. The minimum atomic E-state index is -4.77. The number of nitrogens with zero attached hydrogens (tertiary/aromatic N) is 3.